The Balaban J connectivity index is 2.19. The molecule has 0 aromatic carbocycles. The molecule has 0 bridgehead atoms. The minimum atomic E-state index is -3.31. The Morgan fingerprint density at radius 2 is 2.25 bits per heavy atom. The lowest BCUT2D eigenvalue weighted by Gasteiger charge is -2.26. The van der Waals surface area contributed by atoms with Crippen molar-refractivity contribution in [2.45, 2.75) is 50.4 Å². The fourth-order valence-electron chi connectivity index (χ4n) is 2.70. The molecule has 6 heteroatoms. The van der Waals surface area contributed by atoms with Crippen molar-refractivity contribution in [3.05, 3.63) is 17.0 Å². The summed E-state index contributed by atoms with van der Waals surface area (Å²) in [7, 11) is -3.31. The molecule has 0 spiro atoms. The fourth-order valence-corrected chi connectivity index (χ4v) is 5.86. The lowest BCUT2D eigenvalue weighted by Crippen LogP contribution is -2.38. The van der Waals surface area contributed by atoms with E-state index in [1.807, 2.05) is 18.4 Å². The molecule has 1 N–H and O–H groups in total. The third kappa shape index (κ3) is 3.24. The van der Waals surface area contributed by atoms with Crippen LogP contribution in [-0.2, 0) is 16.6 Å². The molecule has 1 saturated heterocycles. The lowest BCUT2D eigenvalue weighted by molar-refractivity contribution is 0.316. The summed E-state index contributed by atoms with van der Waals surface area (Å²) < 4.78 is 27.7. The summed E-state index contributed by atoms with van der Waals surface area (Å²) in [6.07, 6.45) is 1.95. The molecule has 1 unspecified atom stereocenters. The van der Waals surface area contributed by atoms with Gasteiger partial charge in [-0.1, -0.05) is 20.8 Å². The van der Waals surface area contributed by atoms with Crippen LogP contribution in [-0.4, -0.2) is 31.9 Å². The van der Waals surface area contributed by atoms with E-state index in [4.69, 9.17) is 0 Å². The van der Waals surface area contributed by atoms with Crippen LogP contribution in [0.15, 0.2) is 15.7 Å². The van der Waals surface area contributed by atoms with Crippen LogP contribution in [0.5, 0.6) is 0 Å². The molecule has 0 radical (unpaired) electrons. The predicted molar refractivity (Wildman–Crippen MR) is 83.5 cm³/mol. The largest absolute Gasteiger partial charge is 0.313 e. The zero-order valence-corrected chi connectivity index (χ0v) is 14.1. The molecule has 114 valence electrons. The predicted octanol–water partition coefficient (Wildman–Crippen LogP) is 2.67. The molecule has 20 heavy (non-hydrogen) atoms. The molecule has 0 amide bonds. The average molecular weight is 316 g/mol. The number of thiophene rings is 1. The standard InChI is InChI=1S/C14H24N2O2S2/c1-4-15-9-12-8-14(19-10-12)20(17,18)16-7-5-6-13(16)11(2)3/h8,10-11,13,15H,4-7,9H2,1-3H3. The molecule has 1 aliphatic rings. The van der Waals surface area contributed by atoms with Gasteiger partial charge in [0.15, 0.2) is 0 Å². The van der Waals surface area contributed by atoms with Crippen molar-refractivity contribution >= 4 is 21.4 Å². The van der Waals surface area contributed by atoms with Crippen LogP contribution in [0.2, 0.25) is 0 Å². The lowest BCUT2D eigenvalue weighted by atomic mass is 10.0. The van der Waals surface area contributed by atoms with Crippen LogP contribution in [0.25, 0.3) is 0 Å². The molecule has 0 aliphatic carbocycles. The molecular weight excluding hydrogens is 292 g/mol. The van der Waals surface area contributed by atoms with Gasteiger partial charge in [0, 0.05) is 19.1 Å². The van der Waals surface area contributed by atoms with Gasteiger partial charge in [-0.15, -0.1) is 11.3 Å². The second-order valence-electron chi connectivity index (χ2n) is 5.62. The maximum atomic E-state index is 12.8. The van der Waals surface area contributed by atoms with Crippen molar-refractivity contribution in [2.75, 3.05) is 13.1 Å². The van der Waals surface area contributed by atoms with Crippen molar-refractivity contribution in [2.24, 2.45) is 5.92 Å². The van der Waals surface area contributed by atoms with Crippen molar-refractivity contribution in [1.29, 1.82) is 0 Å². The van der Waals surface area contributed by atoms with Crippen molar-refractivity contribution < 1.29 is 8.42 Å². The summed E-state index contributed by atoms with van der Waals surface area (Å²) in [6, 6.07) is 1.97. The zero-order valence-electron chi connectivity index (χ0n) is 12.4. The second kappa shape index (κ2) is 6.56. The Morgan fingerprint density at radius 3 is 2.90 bits per heavy atom. The smallest absolute Gasteiger partial charge is 0.252 e. The van der Waals surface area contributed by atoms with Gasteiger partial charge in [0.1, 0.15) is 4.21 Å². The van der Waals surface area contributed by atoms with E-state index in [0.29, 0.717) is 16.7 Å². The summed E-state index contributed by atoms with van der Waals surface area (Å²) in [5.41, 5.74) is 1.05. The van der Waals surface area contributed by atoms with E-state index in [9.17, 15) is 8.42 Å². The van der Waals surface area contributed by atoms with Gasteiger partial charge in [-0.3, -0.25) is 0 Å². The molecular formula is C14H24N2O2S2. The van der Waals surface area contributed by atoms with Gasteiger partial charge in [-0.2, -0.15) is 4.31 Å². The molecule has 0 saturated carbocycles. The van der Waals surface area contributed by atoms with Crippen molar-refractivity contribution in [3.8, 4) is 0 Å². The molecule has 2 rings (SSSR count). The first kappa shape index (κ1) is 15.9. The third-order valence-electron chi connectivity index (χ3n) is 3.79. The molecule has 1 atom stereocenters. The van der Waals surface area contributed by atoms with Gasteiger partial charge in [0.25, 0.3) is 10.0 Å². The molecule has 4 nitrogen and oxygen atoms in total. The van der Waals surface area contributed by atoms with E-state index in [0.717, 1.165) is 31.5 Å². The first-order chi connectivity index (χ1) is 9.46. The van der Waals surface area contributed by atoms with Gasteiger partial charge in [0.05, 0.1) is 0 Å². The summed E-state index contributed by atoms with van der Waals surface area (Å²) in [4.78, 5) is 0. The SMILES string of the molecule is CCNCc1csc(S(=O)(=O)N2CCCC2C(C)C)c1. The first-order valence-electron chi connectivity index (χ1n) is 7.26. The van der Waals surface area contributed by atoms with E-state index in [-0.39, 0.29) is 6.04 Å². The maximum absolute atomic E-state index is 12.8. The van der Waals surface area contributed by atoms with E-state index in [2.05, 4.69) is 19.2 Å². The average Bonchev–Trinajstić information content (AvgIpc) is 3.05. The number of hydrogen-bond acceptors (Lipinski definition) is 4. The summed E-state index contributed by atoms with van der Waals surface area (Å²) >= 11 is 1.34. The topological polar surface area (TPSA) is 49.4 Å². The van der Waals surface area contributed by atoms with Crippen LogP contribution >= 0.6 is 11.3 Å². The van der Waals surface area contributed by atoms with Crippen LogP contribution in [0, 0.1) is 5.92 Å². The Bertz CT molecular complexity index is 537. The van der Waals surface area contributed by atoms with Gasteiger partial charge in [-0.05, 0) is 42.3 Å². The highest BCUT2D eigenvalue weighted by atomic mass is 32.2. The number of hydrogen-bond donors (Lipinski definition) is 1. The number of sulfonamides is 1. The highest BCUT2D eigenvalue weighted by Crippen LogP contribution is 2.32. The highest BCUT2D eigenvalue weighted by molar-refractivity contribution is 7.91. The van der Waals surface area contributed by atoms with Gasteiger partial charge < -0.3 is 5.32 Å². The Kier molecular flexibility index (Phi) is 5.23. The van der Waals surface area contributed by atoms with E-state index < -0.39 is 10.0 Å². The Labute approximate surface area is 126 Å². The minimum absolute atomic E-state index is 0.152. The fraction of sp³-hybridized carbons (Fsp3) is 0.714. The number of rotatable bonds is 6. The normalized spacial score (nSPS) is 20.9. The molecule has 1 aromatic heterocycles. The molecule has 1 aromatic rings. The third-order valence-corrected chi connectivity index (χ3v) is 7.18. The van der Waals surface area contributed by atoms with Crippen LogP contribution in [0.1, 0.15) is 39.2 Å². The van der Waals surface area contributed by atoms with Gasteiger partial charge in [0.2, 0.25) is 0 Å². The Hall–Kier alpha value is -0.430. The summed E-state index contributed by atoms with van der Waals surface area (Å²) in [5.74, 6) is 0.369. The van der Waals surface area contributed by atoms with E-state index in [1.165, 1.54) is 11.3 Å². The van der Waals surface area contributed by atoms with Gasteiger partial charge >= 0.3 is 0 Å². The quantitative estimate of drug-likeness (QED) is 0.878. The van der Waals surface area contributed by atoms with E-state index >= 15 is 0 Å². The van der Waals surface area contributed by atoms with Gasteiger partial charge in [-0.25, -0.2) is 8.42 Å². The van der Waals surface area contributed by atoms with Crippen molar-refractivity contribution in [1.82, 2.24) is 9.62 Å². The second-order valence-corrected chi connectivity index (χ2v) is 8.65. The molecule has 1 aliphatic heterocycles. The number of nitrogens with zero attached hydrogens (tertiary/aromatic N) is 1. The minimum Gasteiger partial charge on any atom is -0.313 e. The monoisotopic (exact) mass is 316 g/mol. The first-order valence-corrected chi connectivity index (χ1v) is 9.58. The summed E-state index contributed by atoms with van der Waals surface area (Å²) in [6.45, 7) is 8.52. The Morgan fingerprint density at radius 1 is 1.50 bits per heavy atom. The summed E-state index contributed by atoms with van der Waals surface area (Å²) in [5, 5.41) is 5.16. The van der Waals surface area contributed by atoms with E-state index in [1.54, 1.807) is 4.31 Å². The maximum Gasteiger partial charge on any atom is 0.252 e. The molecule has 2 heterocycles. The number of nitrogens with one attached hydrogen (secondary N) is 1. The molecule has 1 fully saturated rings. The van der Waals surface area contributed by atoms with Crippen LogP contribution in [0.4, 0.5) is 0 Å². The zero-order chi connectivity index (χ0) is 14.8. The van der Waals surface area contributed by atoms with Crippen LogP contribution < -0.4 is 5.32 Å². The van der Waals surface area contributed by atoms with Crippen LogP contribution in [0.3, 0.4) is 0 Å². The highest BCUT2D eigenvalue weighted by Gasteiger charge is 2.37. The van der Waals surface area contributed by atoms with Crippen molar-refractivity contribution in [3.63, 3.8) is 0 Å².